The molecule has 1 fully saturated rings. The van der Waals surface area contributed by atoms with Crippen molar-refractivity contribution in [3.05, 3.63) is 29.8 Å². The van der Waals surface area contributed by atoms with Gasteiger partial charge in [0, 0.05) is 18.8 Å². The third kappa shape index (κ3) is 3.54. The molecule has 0 aliphatic carbocycles. The SMILES string of the molecule is CCOC(=O)Cc1ccc(N2CCNCC2=O)cc1. The highest BCUT2D eigenvalue weighted by atomic mass is 16.5. The topological polar surface area (TPSA) is 58.6 Å². The number of anilines is 1. The molecule has 5 heteroatoms. The minimum Gasteiger partial charge on any atom is -0.466 e. The van der Waals surface area contributed by atoms with E-state index in [-0.39, 0.29) is 18.3 Å². The fourth-order valence-electron chi connectivity index (χ4n) is 2.05. The normalized spacial score (nSPS) is 15.4. The van der Waals surface area contributed by atoms with Crippen molar-refractivity contribution in [3.8, 4) is 0 Å². The molecule has 1 aromatic rings. The van der Waals surface area contributed by atoms with Gasteiger partial charge in [-0.05, 0) is 24.6 Å². The molecule has 0 atom stereocenters. The van der Waals surface area contributed by atoms with Crippen LogP contribution in [0.4, 0.5) is 5.69 Å². The predicted octanol–water partition coefficient (Wildman–Crippen LogP) is 0.728. The van der Waals surface area contributed by atoms with Gasteiger partial charge in [0.15, 0.2) is 0 Å². The highest BCUT2D eigenvalue weighted by molar-refractivity contribution is 5.95. The Labute approximate surface area is 112 Å². The van der Waals surface area contributed by atoms with Gasteiger partial charge < -0.3 is 15.0 Å². The fraction of sp³-hybridized carbons (Fsp3) is 0.429. The Morgan fingerprint density at radius 3 is 2.74 bits per heavy atom. The summed E-state index contributed by atoms with van der Waals surface area (Å²) in [5, 5.41) is 3.03. The van der Waals surface area contributed by atoms with Crippen molar-refractivity contribution >= 4 is 17.6 Å². The Kier molecular flexibility index (Phi) is 4.52. The maximum atomic E-state index is 11.7. The van der Waals surface area contributed by atoms with E-state index in [9.17, 15) is 9.59 Å². The highest BCUT2D eigenvalue weighted by Crippen LogP contribution is 2.16. The van der Waals surface area contributed by atoms with Crippen LogP contribution in [-0.2, 0) is 20.7 Å². The number of hydrogen-bond donors (Lipinski definition) is 1. The average Bonchev–Trinajstić information content (AvgIpc) is 2.41. The second-order valence-electron chi connectivity index (χ2n) is 4.37. The number of benzene rings is 1. The van der Waals surface area contributed by atoms with Crippen molar-refractivity contribution in [3.63, 3.8) is 0 Å². The van der Waals surface area contributed by atoms with Crippen LogP contribution in [0, 0.1) is 0 Å². The van der Waals surface area contributed by atoms with E-state index < -0.39 is 0 Å². The summed E-state index contributed by atoms with van der Waals surface area (Å²) >= 11 is 0. The van der Waals surface area contributed by atoms with E-state index in [4.69, 9.17) is 4.74 Å². The van der Waals surface area contributed by atoms with Crippen LogP contribution in [0.25, 0.3) is 0 Å². The first-order valence-electron chi connectivity index (χ1n) is 6.46. The third-order valence-corrected chi connectivity index (χ3v) is 2.99. The zero-order chi connectivity index (χ0) is 13.7. The third-order valence-electron chi connectivity index (χ3n) is 2.99. The lowest BCUT2D eigenvalue weighted by molar-refractivity contribution is -0.142. The summed E-state index contributed by atoms with van der Waals surface area (Å²) in [6.07, 6.45) is 0.267. The molecule has 1 aliphatic heterocycles. The summed E-state index contributed by atoms with van der Waals surface area (Å²) in [6, 6.07) is 7.47. The molecule has 1 aromatic carbocycles. The molecule has 1 N–H and O–H groups in total. The van der Waals surface area contributed by atoms with Gasteiger partial charge >= 0.3 is 5.97 Å². The number of piperazine rings is 1. The molecule has 0 spiro atoms. The molecule has 1 amide bonds. The summed E-state index contributed by atoms with van der Waals surface area (Å²) in [4.78, 5) is 24.8. The number of carbonyl (C=O) groups excluding carboxylic acids is 2. The Balaban J connectivity index is 2.01. The van der Waals surface area contributed by atoms with Crippen molar-refractivity contribution in [2.45, 2.75) is 13.3 Å². The van der Waals surface area contributed by atoms with Gasteiger partial charge in [0.25, 0.3) is 0 Å². The van der Waals surface area contributed by atoms with Crippen molar-refractivity contribution in [2.75, 3.05) is 31.1 Å². The Morgan fingerprint density at radius 1 is 1.37 bits per heavy atom. The first-order chi connectivity index (χ1) is 9.20. The van der Waals surface area contributed by atoms with Crippen LogP contribution in [0.1, 0.15) is 12.5 Å². The zero-order valence-electron chi connectivity index (χ0n) is 11.0. The first kappa shape index (κ1) is 13.5. The number of carbonyl (C=O) groups is 2. The van der Waals surface area contributed by atoms with Gasteiger partial charge in [-0.15, -0.1) is 0 Å². The molecule has 2 rings (SSSR count). The first-order valence-corrected chi connectivity index (χ1v) is 6.46. The molecule has 1 saturated heterocycles. The standard InChI is InChI=1S/C14H18N2O3/c1-2-19-14(18)9-11-3-5-12(6-4-11)16-8-7-15-10-13(16)17/h3-6,15H,2,7-10H2,1H3. The molecule has 1 aliphatic rings. The molecule has 102 valence electrons. The van der Waals surface area contributed by atoms with Gasteiger partial charge in [0.05, 0.1) is 19.6 Å². The monoisotopic (exact) mass is 262 g/mol. The van der Waals surface area contributed by atoms with E-state index in [1.165, 1.54) is 0 Å². The maximum absolute atomic E-state index is 11.7. The number of amides is 1. The molecule has 5 nitrogen and oxygen atoms in total. The minimum atomic E-state index is -0.228. The van der Waals surface area contributed by atoms with Crippen LogP contribution in [0.2, 0.25) is 0 Å². The number of ether oxygens (including phenoxy) is 1. The van der Waals surface area contributed by atoms with Crippen LogP contribution in [0.3, 0.4) is 0 Å². The number of nitrogens with one attached hydrogen (secondary N) is 1. The van der Waals surface area contributed by atoms with Crippen LogP contribution < -0.4 is 10.2 Å². The number of hydrogen-bond acceptors (Lipinski definition) is 4. The van der Waals surface area contributed by atoms with Crippen LogP contribution in [0.15, 0.2) is 24.3 Å². The van der Waals surface area contributed by atoms with E-state index >= 15 is 0 Å². The molecule has 0 bridgehead atoms. The number of rotatable bonds is 4. The van der Waals surface area contributed by atoms with Gasteiger partial charge in [-0.1, -0.05) is 12.1 Å². The van der Waals surface area contributed by atoms with Crippen molar-refractivity contribution < 1.29 is 14.3 Å². The average molecular weight is 262 g/mol. The van der Waals surface area contributed by atoms with Gasteiger partial charge in [-0.2, -0.15) is 0 Å². The largest absolute Gasteiger partial charge is 0.466 e. The summed E-state index contributed by atoms with van der Waals surface area (Å²) in [5.74, 6) is -0.155. The van der Waals surface area contributed by atoms with Crippen LogP contribution in [-0.4, -0.2) is 38.1 Å². The van der Waals surface area contributed by atoms with E-state index in [0.29, 0.717) is 19.7 Å². The highest BCUT2D eigenvalue weighted by Gasteiger charge is 2.18. The van der Waals surface area contributed by atoms with Crippen LogP contribution >= 0.6 is 0 Å². The number of esters is 1. The summed E-state index contributed by atoms with van der Waals surface area (Å²) < 4.78 is 4.90. The van der Waals surface area contributed by atoms with Gasteiger partial charge in [-0.3, -0.25) is 9.59 Å². The van der Waals surface area contributed by atoms with E-state index in [2.05, 4.69) is 5.32 Å². The molecule has 0 radical (unpaired) electrons. The van der Waals surface area contributed by atoms with Crippen molar-refractivity contribution in [1.29, 1.82) is 0 Å². The lowest BCUT2D eigenvalue weighted by Crippen LogP contribution is -2.48. The van der Waals surface area contributed by atoms with E-state index in [1.54, 1.807) is 11.8 Å². The molecule has 19 heavy (non-hydrogen) atoms. The van der Waals surface area contributed by atoms with Gasteiger partial charge in [-0.25, -0.2) is 0 Å². The lowest BCUT2D eigenvalue weighted by atomic mass is 10.1. The van der Waals surface area contributed by atoms with Crippen molar-refractivity contribution in [1.82, 2.24) is 5.32 Å². The fourth-order valence-corrected chi connectivity index (χ4v) is 2.05. The minimum absolute atomic E-state index is 0.0735. The molecule has 0 unspecified atom stereocenters. The van der Waals surface area contributed by atoms with Gasteiger partial charge in [0.1, 0.15) is 0 Å². The quantitative estimate of drug-likeness (QED) is 0.813. The summed E-state index contributed by atoms with van der Waals surface area (Å²) in [7, 11) is 0. The molecule has 1 heterocycles. The second-order valence-corrected chi connectivity index (χ2v) is 4.37. The molecular formula is C14H18N2O3. The lowest BCUT2D eigenvalue weighted by Gasteiger charge is -2.27. The molecule has 0 saturated carbocycles. The summed E-state index contributed by atoms with van der Waals surface area (Å²) in [6.45, 7) is 4.04. The Hall–Kier alpha value is -1.88. The summed E-state index contributed by atoms with van der Waals surface area (Å²) in [5.41, 5.74) is 1.77. The van der Waals surface area contributed by atoms with Crippen LogP contribution in [0.5, 0.6) is 0 Å². The van der Waals surface area contributed by atoms with Gasteiger partial charge in [0.2, 0.25) is 5.91 Å². The van der Waals surface area contributed by atoms with E-state index in [0.717, 1.165) is 17.8 Å². The Bertz CT molecular complexity index is 456. The number of nitrogens with zero attached hydrogens (tertiary/aromatic N) is 1. The molecule has 0 aromatic heterocycles. The van der Waals surface area contributed by atoms with E-state index in [1.807, 2.05) is 24.3 Å². The second kappa shape index (κ2) is 6.33. The Morgan fingerprint density at radius 2 is 2.11 bits per heavy atom. The predicted molar refractivity (Wildman–Crippen MR) is 72.0 cm³/mol. The maximum Gasteiger partial charge on any atom is 0.310 e. The smallest absolute Gasteiger partial charge is 0.310 e. The molecular weight excluding hydrogens is 244 g/mol. The van der Waals surface area contributed by atoms with Crippen molar-refractivity contribution in [2.24, 2.45) is 0 Å². The zero-order valence-corrected chi connectivity index (χ0v) is 11.0.